The number of aryl methyl sites for hydroxylation is 1. The molecule has 0 bridgehead atoms. The van der Waals surface area contributed by atoms with E-state index in [4.69, 9.17) is 9.98 Å². The van der Waals surface area contributed by atoms with E-state index in [1.165, 1.54) is 33.0 Å². The predicted octanol–water partition coefficient (Wildman–Crippen LogP) is 10.9. The third kappa shape index (κ3) is 5.18. The summed E-state index contributed by atoms with van der Waals surface area (Å²) in [6, 6.07) is 24.0. The van der Waals surface area contributed by atoms with Crippen molar-refractivity contribution in [1.29, 1.82) is 0 Å². The van der Waals surface area contributed by atoms with Crippen LogP contribution in [0.1, 0.15) is 73.8 Å². The SMILES string of the molecule is O=c1c2c(c3cc(C4N=C(C5=CCCC=C5)CC(C5=CC=CCC5)=N4)ccc3n1C1=CCC(n3c4ccccc4c4ccccc43)C=C1)CCC=C2. The van der Waals surface area contributed by atoms with Gasteiger partial charge in [-0.3, -0.25) is 19.3 Å². The second-order valence-corrected chi connectivity index (χ2v) is 14.4. The van der Waals surface area contributed by atoms with E-state index in [0.717, 1.165) is 96.1 Å². The van der Waals surface area contributed by atoms with Crippen LogP contribution in [0, 0.1) is 0 Å². The van der Waals surface area contributed by atoms with Crippen LogP contribution in [0.4, 0.5) is 0 Å². The summed E-state index contributed by atoms with van der Waals surface area (Å²) in [7, 11) is 0. The fraction of sp³-hybridized carbons (Fsp3) is 0.213. The lowest BCUT2D eigenvalue weighted by Gasteiger charge is -2.25. The van der Waals surface area contributed by atoms with Crippen LogP contribution in [0.25, 0.3) is 44.5 Å². The van der Waals surface area contributed by atoms with Gasteiger partial charge in [0.05, 0.1) is 17.3 Å². The van der Waals surface area contributed by atoms with E-state index in [-0.39, 0.29) is 17.8 Å². The fourth-order valence-electron chi connectivity index (χ4n) is 8.81. The van der Waals surface area contributed by atoms with E-state index in [1.54, 1.807) is 0 Å². The predicted molar refractivity (Wildman–Crippen MR) is 217 cm³/mol. The molecule has 254 valence electrons. The molecular formula is C47H40N4O. The van der Waals surface area contributed by atoms with Crippen molar-refractivity contribution in [2.45, 2.75) is 63.6 Å². The second kappa shape index (κ2) is 12.8. The molecule has 5 heteroatoms. The summed E-state index contributed by atoms with van der Waals surface area (Å²) in [5, 5.41) is 3.66. The van der Waals surface area contributed by atoms with Crippen LogP contribution in [-0.2, 0) is 6.42 Å². The topological polar surface area (TPSA) is 51.6 Å². The normalized spacial score (nSPS) is 21.2. The number of hydrogen-bond acceptors (Lipinski definition) is 3. The number of benzene rings is 3. The molecule has 52 heavy (non-hydrogen) atoms. The van der Waals surface area contributed by atoms with E-state index in [9.17, 15) is 4.79 Å². The first-order valence-electron chi connectivity index (χ1n) is 18.8. The van der Waals surface area contributed by atoms with Crippen LogP contribution in [0.15, 0.2) is 153 Å². The molecule has 5 aliphatic rings. The molecule has 10 rings (SSSR count). The molecule has 3 aromatic carbocycles. The number of aromatic nitrogens is 2. The second-order valence-electron chi connectivity index (χ2n) is 14.4. The van der Waals surface area contributed by atoms with Crippen LogP contribution in [0.3, 0.4) is 0 Å². The maximum absolute atomic E-state index is 14.4. The van der Waals surface area contributed by atoms with Crippen molar-refractivity contribution in [3.05, 3.63) is 166 Å². The van der Waals surface area contributed by atoms with Crippen LogP contribution >= 0.6 is 0 Å². The van der Waals surface area contributed by atoms with E-state index >= 15 is 0 Å². The van der Waals surface area contributed by atoms with Gasteiger partial charge in [0.1, 0.15) is 0 Å². The molecule has 3 heterocycles. The van der Waals surface area contributed by atoms with Gasteiger partial charge in [0, 0.05) is 50.6 Å². The van der Waals surface area contributed by atoms with Gasteiger partial charge < -0.3 is 4.57 Å². The number of allylic oxidation sites excluding steroid dienone is 13. The molecule has 0 saturated carbocycles. The monoisotopic (exact) mass is 676 g/mol. The number of fused-ring (bicyclic) bond motifs is 6. The zero-order valence-electron chi connectivity index (χ0n) is 29.2. The van der Waals surface area contributed by atoms with Crippen molar-refractivity contribution in [1.82, 2.24) is 9.13 Å². The van der Waals surface area contributed by atoms with Gasteiger partial charge in [-0.2, -0.15) is 0 Å². The maximum Gasteiger partial charge on any atom is 0.263 e. The summed E-state index contributed by atoms with van der Waals surface area (Å²) in [6.45, 7) is 0. The smallest absolute Gasteiger partial charge is 0.263 e. The molecule has 0 N–H and O–H groups in total. The van der Waals surface area contributed by atoms with Crippen LogP contribution in [0.5, 0.6) is 0 Å². The molecule has 0 fully saturated rings. The highest BCUT2D eigenvalue weighted by Crippen LogP contribution is 2.38. The molecule has 0 amide bonds. The first kappa shape index (κ1) is 31.0. The number of aliphatic imine (C=N–C) groups is 2. The molecule has 2 unspecified atom stereocenters. The zero-order valence-corrected chi connectivity index (χ0v) is 29.2. The van der Waals surface area contributed by atoms with Crippen LogP contribution in [0.2, 0.25) is 0 Å². The summed E-state index contributed by atoms with van der Waals surface area (Å²) in [5.41, 5.74) is 12.2. The molecule has 5 nitrogen and oxygen atoms in total. The summed E-state index contributed by atoms with van der Waals surface area (Å²) >= 11 is 0. The molecule has 0 spiro atoms. The maximum atomic E-state index is 14.4. The molecule has 5 aromatic rings. The van der Waals surface area contributed by atoms with E-state index in [2.05, 4.69) is 132 Å². The van der Waals surface area contributed by atoms with Crippen LogP contribution < -0.4 is 5.56 Å². The minimum Gasteiger partial charge on any atom is -0.333 e. The lowest BCUT2D eigenvalue weighted by atomic mass is 9.90. The van der Waals surface area contributed by atoms with Crippen molar-refractivity contribution < 1.29 is 0 Å². The summed E-state index contributed by atoms with van der Waals surface area (Å²) in [5.74, 6) is 0. The van der Waals surface area contributed by atoms with Gasteiger partial charge in [-0.15, -0.1) is 0 Å². The Balaban J connectivity index is 1.07. The summed E-state index contributed by atoms with van der Waals surface area (Å²) in [6.07, 6.45) is 31.4. The van der Waals surface area contributed by atoms with Gasteiger partial charge in [-0.05, 0) is 97.6 Å². The third-order valence-electron chi connectivity index (χ3n) is 11.4. The Morgan fingerprint density at radius 3 is 2.23 bits per heavy atom. The average molecular weight is 677 g/mol. The molecule has 0 radical (unpaired) electrons. The van der Waals surface area contributed by atoms with E-state index in [1.807, 2.05) is 10.6 Å². The van der Waals surface area contributed by atoms with Crippen LogP contribution in [-0.4, -0.2) is 20.6 Å². The van der Waals surface area contributed by atoms with E-state index < -0.39 is 0 Å². The minimum atomic E-state index is -0.331. The highest BCUT2D eigenvalue weighted by Gasteiger charge is 2.26. The molecule has 2 aromatic heterocycles. The Morgan fingerprint density at radius 2 is 1.48 bits per heavy atom. The quantitative estimate of drug-likeness (QED) is 0.183. The van der Waals surface area contributed by atoms with Crippen molar-refractivity contribution in [3.63, 3.8) is 0 Å². The Bertz CT molecular complexity index is 2610. The van der Waals surface area contributed by atoms with Crippen molar-refractivity contribution in [3.8, 4) is 0 Å². The van der Waals surface area contributed by atoms with Crippen molar-refractivity contribution >= 4 is 55.9 Å². The molecule has 4 aliphatic carbocycles. The Hall–Kier alpha value is -5.81. The number of nitrogens with zero attached hydrogens (tertiary/aromatic N) is 4. The minimum absolute atomic E-state index is 0.0454. The van der Waals surface area contributed by atoms with Gasteiger partial charge >= 0.3 is 0 Å². The molecule has 0 saturated heterocycles. The largest absolute Gasteiger partial charge is 0.333 e. The number of rotatable bonds is 5. The highest BCUT2D eigenvalue weighted by molar-refractivity contribution is 6.19. The zero-order chi connectivity index (χ0) is 34.6. The molecule has 2 atom stereocenters. The third-order valence-corrected chi connectivity index (χ3v) is 11.4. The van der Waals surface area contributed by atoms with Crippen molar-refractivity contribution in [2.24, 2.45) is 9.98 Å². The Morgan fingerprint density at radius 1 is 0.692 bits per heavy atom. The number of hydrogen-bond donors (Lipinski definition) is 0. The summed E-state index contributed by atoms with van der Waals surface area (Å²) < 4.78 is 4.39. The molecular weight excluding hydrogens is 637 g/mol. The highest BCUT2D eigenvalue weighted by atomic mass is 16.1. The number of para-hydroxylation sites is 2. The lowest BCUT2D eigenvalue weighted by molar-refractivity contribution is 0.647. The first-order valence-corrected chi connectivity index (χ1v) is 18.8. The Labute approximate surface area is 303 Å². The number of pyridine rings is 1. The van der Waals surface area contributed by atoms with Gasteiger partial charge in [-0.25, -0.2) is 0 Å². The lowest BCUT2D eigenvalue weighted by Crippen LogP contribution is -2.25. The average Bonchev–Trinajstić information content (AvgIpc) is 3.56. The van der Waals surface area contributed by atoms with Gasteiger partial charge in [-0.1, -0.05) is 103 Å². The first-order chi connectivity index (χ1) is 25.7. The van der Waals surface area contributed by atoms with Gasteiger partial charge in [0.2, 0.25) is 0 Å². The standard InChI is InChI=1S/C47H40N4O/c52-47-39-20-8-7-17-36(39)40-29-33(46-48-41(31-13-3-1-4-14-31)30-42(49-46)32-15-5-2-6-16-32)23-28-45(40)51(47)35-26-24-34(25-27-35)50-43-21-11-9-18-37(43)38-19-10-12-22-44(38)50/h1,3,5,8-13,15-16,18-24,26-29,34,46H,2,4,6-7,14,17,25,30H2. The van der Waals surface area contributed by atoms with Gasteiger partial charge in [0.25, 0.3) is 5.56 Å². The fourth-order valence-corrected chi connectivity index (χ4v) is 8.81. The van der Waals surface area contributed by atoms with Crippen molar-refractivity contribution in [2.75, 3.05) is 0 Å². The van der Waals surface area contributed by atoms with E-state index in [0.29, 0.717) is 0 Å². The summed E-state index contributed by atoms with van der Waals surface area (Å²) in [4.78, 5) is 25.0. The Kier molecular flexibility index (Phi) is 7.59. The van der Waals surface area contributed by atoms with Gasteiger partial charge in [0.15, 0.2) is 6.17 Å². The molecule has 1 aliphatic heterocycles.